The van der Waals surface area contributed by atoms with Crippen LogP contribution < -0.4 is 5.73 Å². The smallest absolute Gasteiger partial charge is 0.273 e. The number of hydrogen-bond acceptors (Lipinski definition) is 4. The molecule has 2 rings (SSSR count). The van der Waals surface area contributed by atoms with Crippen molar-refractivity contribution < 1.29 is 14.7 Å². The monoisotopic (exact) mass is 262 g/mol. The van der Waals surface area contributed by atoms with Gasteiger partial charge in [-0.3, -0.25) is 14.6 Å². The normalized spacial score (nSPS) is 23.7. The van der Waals surface area contributed by atoms with Crippen molar-refractivity contribution >= 4 is 11.8 Å². The van der Waals surface area contributed by atoms with E-state index in [9.17, 15) is 14.7 Å². The molecular weight excluding hydrogens is 246 g/mol. The van der Waals surface area contributed by atoms with E-state index in [1.807, 2.05) is 0 Å². The molecule has 2 unspecified atom stereocenters. The quantitative estimate of drug-likeness (QED) is 0.767. The van der Waals surface area contributed by atoms with E-state index in [1.165, 1.54) is 11.1 Å². The van der Waals surface area contributed by atoms with Gasteiger partial charge < -0.3 is 15.7 Å². The summed E-state index contributed by atoms with van der Waals surface area (Å²) in [5.74, 6) is -1.10. The SMILES string of the molecule is NC(=O)C1C(O)[CH]CCCN1C(=O)c1ccccn1. The van der Waals surface area contributed by atoms with Crippen molar-refractivity contribution in [3.8, 4) is 0 Å². The zero-order chi connectivity index (χ0) is 13.8. The number of hydrogen-bond donors (Lipinski definition) is 2. The van der Waals surface area contributed by atoms with Gasteiger partial charge in [0.15, 0.2) is 0 Å². The number of aliphatic hydroxyl groups excluding tert-OH is 1. The third kappa shape index (κ3) is 2.90. The number of carbonyl (C=O) groups excluding carboxylic acids is 2. The standard InChI is InChI=1S/C13H16N3O3/c14-12(18)11-10(17)6-2-4-8-16(11)13(19)9-5-1-3-7-15-9/h1,3,5-7,10-11,17H,2,4,8H2,(H2,14,18). The molecule has 6 heteroatoms. The fourth-order valence-electron chi connectivity index (χ4n) is 2.19. The van der Waals surface area contributed by atoms with Crippen LogP contribution in [-0.2, 0) is 4.79 Å². The lowest BCUT2D eigenvalue weighted by Crippen LogP contribution is -2.53. The maximum absolute atomic E-state index is 12.3. The topological polar surface area (TPSA) is 96.5 Å². The largest absolute Gasteiger partial charge is 0.390 e. The first kappa shape index (κ1) is 13.5. The summed E-state index contributed by atoms with van der Waals surface area (Å²) in [7, 11) is 0. The summed E-state index contributed by atoms with van der Waals surface area (Å²) in [4.78, 5) is 29.1. The third-order valence-corrected chi connectivity index (χ3v) is 3.11. The van der Waals surface area contributed by atoms with E-state index in [1.54, 1.807) is 24.6 Å². The molecule has 1 fully saturated rings. The lowest BCUT2D eigenvalue weighted by atomic mass is 10.1. The predicted molar refractivity (Wildman–Crippen MR) is 67.8 cm³/mol. The van der Waals surface area contributed by atoms with E-state index < -0.39 is 24.0 Å². The molecule has 0 aromatic carbocycles. The van der Waals surface area contributed by atoms with E-state index >= 15 is 0 Å². The van der Waals surface area contributed by atoms with Crippen LogP contribution in [0.5, 0.6) is 0 Å². The minimum absolute atomic E-state index is 0.239. The van der Waals surface area contributed by atoms with E-state index in [-0.39, 0.29) is 5.69 Å². The fraction of sp³-hybridized carbons (Fsp3) is 0.385. The lowest BCUT2D eigenvalue weighted by molar-refractivity contribution is -0.125. The molecule has 1 aromatic rings. The Bertz CT molecular complexity index is 463. The number of aliphatic hydroxyl groups is 1. The summed E-state index contributed by atoms with van der Waals surface area (Å²) >= 11 is 0. The van der Waals surface area contributed by atoms with Crippen LogP contribution in [0.2, 0.25) is 0 Å². The van der Waals surface area contributed by atoms with Crippen LogP contribution in [0.4, 0.5) is 0 Å². The molecule has 3 N–H and O–H groups in total. The molecule has 101 valence electrons. The van der Waals surface area contributed by atoms with Crippen molar-refractivity contribution in [3.05, 3.63) is 36.5 Å². The Balaban J connectivity index is 2.28. The highest BCUT2D eigenvalue weighted by Crippen LogP contribution is 2.18. The van der Waals surface area contributed by atoms with Crippen molar-refractivity contribution in [2.24, 2.45) is 5.73 Å². The molecule has 2 heterocycles. The van der Waals surface area contributed by atoms with Gasteiger partial charge in [0.2, 0.25) is 5.91 Å². The van der Waals surface area contributed by atoms with Crippen LogP contribution in [0, 0.1) is 6.42 Å². The van der Waals surface area contributed by atoms with Crippen LogP contribution in [-0.4, -0.2) is 45.5 Å². The number of aromatic nitrogens is 1. The number of likely N-dealkylation sites (tertiary alicyclic amines) is 1. The van der Waals surface area contributed by atoms with Gasteiger partial charge in [-0.15, -0.1) is 0 Å². The van der Waals surface area contributed by atoms with Crippen molar-refractivity contribution in [3.63, 3.8) is 0 Å². The summed E-state index contributed by atoms with van der Waals surface area (Å²) in [5, 5.41) is 9.91. The molecular formula is C13H16N3O3. The minimum atomic E-state index is -1.03. The first-order chi connectivity index (χ1) is 9.11. The highest BCUT2D eigenvalue weighted by Gasteiger charge is 2.36. The van der Waals surface area contributed by atoms with Gasteiger partial charge in [0.1, 0.15) is 11.7 Å². The van der Waals surface area contributed by atoms with Crippen LogP contribution in [0.3, 0.4) is 0 Å². The average molecular weight is 262 g/mol. The molecule has 1 saturated heterocycles. The zero-order valence-corrected chi connectivity index (χ0v) is 10.4. The Morgan fingerprint density at radius 2 is 2.21 bits per heavy atom. The van der Waals surface area contributed by atoms with Gasteiger partial charge in [-0.25, -0.2) is 0 Å². The Morgan fingerprint density at radius 3 is 2.84 bits per heavy atom. The van der Waals surface area contributed by atoms with Crippen molar-refractivity contribution in [2.75, 3.05) is 6.54 Å². The van der Waals surface area contributed by atoms with Crippen molar-refractivity contribution in [1.82, 2.24) is 9.88 Å². The van der Waals surface area contributed by atoms with Crippen LogP contribution in [0.15, 0.2) is 24.4 Å². The number of nitrogens with zero attached hydrogens (tertiary/aromatic N) is 2. The van der Waals surface area contributed by atoms with Gasteiger partial charge in [0.05, 0.1) is 6.10 Å². The Morgan fingerprint density at radius 1 is 1.42 bits per heavy atom. The first-order valence-corrected chi connectivity index (χ1v) is 6.14. The van der Waals surface area contributed by atoms with E-state index in [0.717, 1.165) is 0 Å². The third-order valence-electron chi connectivity index (χ3n) is 3.11. The molecule has 0 saturated carbocycles. The Kier molecular flexibility index (Phi) is 4.11. The summed E-state index contributed by atoms with van der Waals surface area (Å²) in [5.41, 5.74) is 5.54. The molecule has 1 aromatic heterocycles. The molecule has 19 heavy (non-hydrogen) atoms. The van der Waals surface area contributed by atoms with E-state index in [0.29, 0.717) is 19.4 Å². The number of pyridine rings is 1. The van der Waals surface area contributed by atoms with Gasteiger partial charge in [0.25, 0.3) is 5.91 Å². The molecule has 1 radical (unpaired) electrons. The summed E-state index contributed by atoms with van der Waals surface area (Å²) in [6, 6.07) is 3.94. The van der Waals surface area contributed by atoms with Crippen LogP contribution in [0.25, 0.3) is 0 Å². The summed E-state index contributed by atoms with van der Waals surface area (Å²) in [6.07, 6.45) is 3.40. The molecule has 1 aliphatic heterocycles. The Labute approximate surface area is 111 Å². The number of primary amides is 1. The van der Waals surface area contributed by atoms with Crippen LogP contribution >= 0.6 is 0 Å². The highest BCUT2D eigenvalue weighted by molar-refractivity contribution is 5.96. The molecule has 2 amide bonds. The van der Waals surface area contributed by atoms with Crippen molar-refractivity contribution in [2.45, 2.75) is 25.0 Å². The first-order valence-electron chi connectivity index (χ1n) is 6.14. The second-order valence-electron chi connectivity index (χ2n) is 4.43. The number of carbonyl (C=O) groups is 2. The Hall–Kier alpha value is -1.95. The van der Waals surface area contributed by atoms with E-state index in [2.05, 4.69) is 4.98 Å². The molecule has 2 atom stereocenters. The van der Waals surface area contributed by atoms with Crippen LogP contribution in [0.1, 0.15) is 23.3 Å². The fourth-order valence-corrected chi connectivity index (χ4v) is 2.19. The molecule has 0 bridgehead atoms. The maximum Gasteiger partial charge on any atom is 0.273 e. The predicted octanol–water partition coefficient (Wildman–Crippen LogP) is -0.263. The molecule has 0 spiro atoms. The zero-order valence-electron chi connectivity index (χ0n) is 10.4. The average Bonchev–Trinajstić information content (AvgIpc) is 2.60. The minimum Gasteiger partial charge on any atom is -0.390 e. The molecule has 0 aliphatic carbocycles. The van der Waals surface area contributed by atoms with Gasteiger partial charge in [-0.2, -0.15) is 0 Å². The molecule has 1 aliphatic rings. The number of rotatable bonds is 2. The highest BCUT2D eigenvalue weighted by atomic mass is 16.3. The van der Waals surface area contributed by atoms with Crippen molar-refractivity contribution in [1.29, 1.82) is 0 Å². The number of nitrogens with two attached hydrogens (primary N) is 1. The lowest BCUT2D eigenvalue weighted by Gasteiger charge is -2.29. The maximum atomic E-state index is 12.3. The summed E-state index contributed by atoms with van der Waals surface area (Å²) < 4.78 is 0. The second-order valence-corrected chi connectivity index (χ2v) is 4.43. The van der Waals surface area contributed by atoms with Gasteiger partial charge in [0, 0.05) is 12.7 Å². The number of amides is 2. The molecule has 6 nitrogen and oxygen atoms in total. The van der Waals surface area contributed by atoms with Gasteiger partial charge >= 0.3 is 0 Å². The van der Waals surface area contributed by atoms with Gasteiger partial charge in [-0.05, 0) is 31.4 Å². The summed E-state index contributed by atoms with van der Waals surface area (Å²) in [6.45, 7) is 0.372. The second kappa shape index (κ2) is 5.79. The van der Waals surface area contributed by atoms with Gasteiger partial charge in [-0.1, -0.05) is 6.07 Å². The van der Waals surface area contributed by atoms with E-state index in [4.69, 9.17) is 5.73 Å².